The zero-order valence-electron chi connectivity index (χ0n) is 16.7. The Bertz CT molecular complexity index is 1120. The molecule has 172 valence electrons. The van der Waals surface area contributed by atoms with Crippen molar-refractivity contribution in [2.75, 3.05) is 17.2 Å². The maximum absolute atomic E-state index is 13.9. The predicted molar refractivity (Wildman–Crippen MR) is 104 cm³/mol. The lowest BCUT2D eigenvalue weighted by molar-refractivity contribution is -0.158. The van der Waals surface area contributed by atoms with Crippen LogP contribution in [-0.4, -0.2) is 39.9 Å². The largest absolute Gasteiger partial charge is 0.455 e. The zero-order chi connectivity index (χ0) is 23.6. The number of nitrogens with one attached hydrogen (secondary N) is 3. The molecule has 0 fully saturated rings. The molecule has 0 aliphatic rings. The van der Waals surface area contributed by atoms with Crippen LogP contribution in [0.2, 0.25) is 0 Å². The molecule has 4 N–H and O–H groups in total. The van der Waals surface area contributed by atoms with E-state index >= 15 is 0 Å². The molecule has 0 saturated carbocycles. The van der Waals surface area contributed by atoms with E-state index in [0.29, 0.717) is 6.07 Å². The second-order valence-corrected chi connectivity index (χ2v) is 6.95. The summed E-state index contributed by atoms with van der Waals surface area (Å²) in [5.74, 6) is -2.79. The molecule has 0 bridgehead atoms. The number of aliphatic hydroxyl groups is 1. The van der Waals surface area contributed by atoms with Crippen LogP contribution in [0, 0.1) is 18.6 Å². The van der Waals surface area contributed by atoms with Gasteiger partial charge in [-0.1, -0.05) is 0 Å². The second-order valence-electron chi connectivity index (χ2n) is 6.95. The summed E-state index contributed by atoms with van der Waals surface area (Å²) in [6.07, 6.45) is -2.71. The Morgan fingerprint density at radius 2 is 1.88 bits per heavy atom. The number of hydrogen-bond donors (Lipinski definition) is 4. The van der Waals surface area contributed by atoms with Gasteiger partial charge in [0.25, 0.3) is 0 Å². The van der Waals surface area contributed by atoms with Crippen molar-refractivity contribution in [1.82, 2.24) is 15.3 Å². The van der Waals surface area contributed by atoms with Gasteiger partial charge in [-0.05, 0) is 19.9 Å². The highest BCUT2D eigenvalue weighted by Gasteiger charge is 2.45. The number of amides is 2. The lowest BCUT2D eigenvalue weighted by atomic mass is 10.1. The molecule has 8 nitrogen and oxygen atoms in total. The van der Waals surface area contributed by atoms with E-state index < -0.39 is 41.2 Å². The highest BCUT2D eigenvalue weighted by Crippen LogP contribution is 2.39. The van der Waals surface area contributed by atoms with E-state index in [4.69, 9.17) is 9.52 Å². The highest BCUT2D eigenvalue weighted by molar-refractivity contribution is 5.89. The first kappa shape index (κ1) is 23.2. The number of benzene rings is 1. The molecule has 1 unspecified atom stereocenters. The van der Waals surface area contributed by atoms with Gasteiger partial charge < -0.3 is 25.5 Å². The lowest BCUT2D eigenvalue weighted by Crippen LogP contribution is -2.40. The van der Waals surface area contributed by atoms with Crippen LogP contribution in [0.5, 0.6) is 0 Å². The molecule has 32 heavy (non-hydrogen) atoms. The van der Waals surface area contributed by atoms with Crippen LogP contribution >= 0.6 is 0 Å². The first-order chi connectivity index (χ1) is 15.0. The van der Waals surface area contributed by atoms with Crippen molar-refractivity contribution in [3.8, 4) is 0 Å². The Labute approximate surface area is 177 Å². The van der Waals surface area contributed by atoms with E-state index in [1.54, 1.807) is 12.2 Å². The van der Waals surface area contributed by atoms with Gasteiger partial charge in [0, 0.05) is 23.1 Å². The third-order valence-electron chi connectivity index (χ3n) is 4.42. The number of carbonyl (C=O) groups excluding carboxylic acids is 1. The Kier molecular flexibility index (Phi) is 6.48. The predicted octanol–water partition coefficient (Wildman–Crippen LogP) is 4.03. The molecule has 2 heterocycles. The number of aliphatic hydroxyl groups excluding tert-OH is 1. The summed E-state index contributed by atoms with van der Waals surface area (Å²) >= 11 is 0. The third kappa shape index (κ3) is 5.04. The number of aryl methyl sites for hydroxylation is 1. The summed E-state index contributed by atoms with van der Waals surface area (Å²) < 4.78 is 73.5. The van der Waals surface area contributed by atoms with Gasteiger partial charge in [0.2, 0.25) is 5.95 Å². The molecule has 0 spiro atoms. The van der Waals surface area contributed by atoms with Gasteiger partial charge in [-0.2, -0.15) is 13.2 Å². The van der Waals surface area contributed by atoms with Gasteiger partial charge >= 0.3 is 12.2 Å². The number of anilines is 2. The van der Waals surface area contributed by atoms with Crippen molar-refractivity contribution >= 4 is 28.6 Å². The van der Waals surface area contributed by atoms with Gasteiger partial charge in [-0.3, -0.25) is 0 Å². The number of urea groups is 1. The molecular formula is C19H18F5N5O3. The molecule has 3 aromatic rings. The molecule has 0 aliphatic heterocycles. The maximum Gasteiger partial charge on any atom is 0.416 e. The number of fused-ring (bicyclic) bond motifs is 1. The van der Waals surface area contributed by atoms with E-state index in [1.807, 2.05) is 0 Å². The molecule has 0 radical (unpaired) electrons. The lowest BCUT2D eigenvalue weighted by Gasteiger charge is -2.20. The first-order valence-electron chi connectivity index (χ1n) is 9.21. The smallest absolute Gasteiger partial charge is 0.416 e. The van der Waals surface area contributed by atoms with E-state index in [1.165, 1.54) is 6.92 Å². The van der Waals surface area contributed by atoms with E-state index in [9.17, 15) is 26.7 Å². The average Bonchev–Trinajstić information content (AvgIpc) is 3.03. The minimum atomic E-state index is -5.00. The molecule has 2 atom stereocenters. The van der Waals surface area contributed by atoms with Crippen LogP contribution < -0.4 is 16.0 Å². The number of carbonyl (C=O) groups is 1. The van der Waals surface area contributed by atoms with Crippen molar-refractivity contribution in [1.29, 1.82) is 0 Å². The van der Waals surface area contributed by atoms with Crippen molar-refractivity contribution in [2.24, 2.45) is 0 Å². The highest BCUT2D eigenvalue weighted by atomic mass is 19.4. The number of halogens is 5. The maximum atomic E-state index is 13.9. The molecule has 0 aliphatic carbocycles. The van der Waals surface area contributed by atoms with Gasteiger partial charge in [-0.25, -0.2) is 23.5 Å². The molecule has 0 saturated heterocycles. The van der Waals surface area contributed by atoms with Gasteiger partial charge in [-0.15, -0.1) is 0 Å². The Balaban J connectivity index is 1.81. The number of aromatic nitrogens is 2. The monoisotopic (exact) mass is 459 g/mol. The summed E-state index contributed by atoms with van der Waals surface area (Å²) in [4.78, 5) is 19.9. The van der Waals surface area contributed by atoms with Crippen LogP contribution in [0.25, 0.3) is 11.0 Å². The van der Waals surface area contributed by atoms with Crippen LogP contribution in [-0.2, 0) is 0 Å². The Morgan fingerprint density at radius 3 is 2.47 bits per heavy atom. The minimum Gasteiger partial charge on any atom is -0.455 e. The van der Waals surface area contributed by atoms with Crippen molar-refractivity contribution in [3.05, 3.63) is 47.5 Å². The fraction of sp³-hybridized carbons (Fsp3) is 0.316. The summed E-state index contributed by atoms with van der Waals surface area (Å²) in [7, 11) is 0. The van der Waals surface area contributed by atoms with E-state index in [-0.39, 0.29) is 35.2 Å². The normalized spacial score (nSPS) is 13.6. The molecule has 2 amide bonds. The zero-order valence-corrected chi connectivity index (χ0v) is 16.7. The number of nitrogens with zero attached hydrogens (tertiary/aromatic N) is 2. The van der Waals surface area contributed by atoms with E-state index in [0.717, 1.165) is 18.5 Å². The van der Waals surface area contributed by atoms with Crippen molar-refractivity contribution in [3.63, 3.8) is 0 Å². The fourth-order valence-electron chi connectivity index (χ4n) is 2.86. The van der Waals surface area contributed by atoms with Crippen molar-refractivity contribution < 1.29 is 36.3 Å². The summed E-state index contributed by atoms with van der Waals surface area (Å²) in [5, 5.41) is 15.4. The third-order valence-corrected chi connectivity index (χ3v) is 4.42. The minimum absolute atomic E-state index is 0.0138. The van der Waals surface area contributed by atoms with Gasteiger partial charge in [0.05, 0.1) is 24.7 Å². The van der Waals surface area contributed by atoms with Crippen LogP contribution in [0.1, 0.15) is 24.3 Å². The van der Waals surface area contributed by atoms with E-state index in [2.05, 4.69) is 20.6 Å². The molecule has 2 aromatic heterocycles. The number of alkyl halides is 3. The summed E-state index contributed by atoms with van der Waals surface area (Å²) in [5.41, 5.74) is -0.734. The quantitative estimate of drug-likeness (QED) is 0.414. The number of hydrogen-bond acceptors (Lipinski definition) is 6. The van der Waals surface area contributed by atoms with Crippen LogP contribution in [0.4, 0.5) is 38.4 Å². The number of rotatable bonds is 6. The summed E-state index contributed by atoms with van der Waals surface area (Å²) in [6.45, 7) is 2.69. The second kappa shape index (κ2) is 8.94. The topological polar surface area (TPSA) is 112 Å². The van der Waals surface area contributed by atoms with Crippen LogP contribution in [0.3, 0.4) is 0 Å². The molecule has 1 aromatic carbocycles. The molecular weight excluding hydrogens is 441 g/mol. The molecule has 3 rings (SSSR count). The Morgan fingerprint density at radius 1 is 1.22 bits per heavy atom. The van der Waals surface area contributed by atoms with Gasteiger partial charge in [0.1, 0.15) is 11.6 Å². The number of furan rings is 1. The fourth-order valence-corrected chi connectivity index (χ4v) is 2.86. The van der Waals surface area contributed by atoms with Crippen molar-refractivity contribution in [2.45, 2.75) is 32.1 Å². The van der Waals surface area contributed by atoms with Crippen LogP contribution in [0.15, 0.2) is 28.9 Å². The average molecular weight is 459 g/mol. The summed E-state index contributed by atoms with van der Waals surface area (Å²) in [6, 6.07) is -2.90. The standard InChI is InChI=1S/C19H18F5N5O3/c1-8(7-30)27-17-25-5-11(6-26-17)28-18(31)29-16(19(22,23)24)14-9(2)12-3-10(20)4-13(21)15(12)32-14/h3-6,8,16,30H,7H2,1-2H3,(H,25,26,27)(H2,28,29,31)/t8-,16?/m1/s1. The Hall–Kier alpha value is -3.48. The first-order valence-corrected chi connectivity index (χ1v) is 9.21. The SMILES string of the molecule is Cc1c(C(NC(=O)Nc2cnc(N[C@H](C)CO)nc2)C(F)(F)F)oc2c(F)cc(F)cc12. The molecule has 13 heteroatoms. The van der Waals surface area contributed by atoms with Gasteiger partial charge in [0.15, 0.2) is 17.4 Å².